The van der Waals surface area contributed by atoms with Gasteiger partial charge in [-0.15, -0.1) is 0 Å². The molecule has 0 saturated heterocycles. The van der Waals surface area contributed by atoms with E-state index in [2.05, 4.69) is 10.3 Å². The SMILES string of the molecule is NC(=O)[C@H](O)[C@H](O)COP(=O)([O-])[O-].[Na+].[Na+]. The largest absolute Gasteiger partial charge is 1.00 e. The Hall–Kier alpha value is 1.50. The minimum atomic E-state index is -5.21. The van der Waals surface area contributed by atoms with Gasteiger partial charge in [0.2, 0.25) is 5.91 Å². The number of amides is 1. The third kappa shape index (κ3) is 11.8. The molecule has 0 aliphatic rings. The van der Waals surface area contributed by atoms with Crippen molar-refractivity contribution in [2.45, 2.75) is 12.2 Å². The van der Waals surface area contributed by atoms with Crippen molar-refractivity contribution < 1.29 is 93.0 Å². The van der Waals surface area contributed by atoms with E-state index in [4.69, 9.17) is 10.2 Å². The summed E-state index contributed by atoms with van der Waals surface area (Å²) < 4.78 is 13.5. The quantitative estimate of drug-likeness (QED) is 0.327. The average molecular weight is 259 g/mol. The molecule has 0 saturated carbocycles. The maximum Gasteiger partial charge on any atom is 1.00 e. The Morgan fingerprint density at radius 1 is 1.40 bits per heavy atom. The molecule has 2 atom stereocenters. The average Bonchev–Trinajstić information content (AvgIpc) is 1.97. The smallest absolute Gasteiger partial charge is 0.790 e. The molecule has 4 N–H and O–H groups in total. The first kappa shape index (κ1) is 21.8. The monoisotopic (exact) mass is 259 g/mol. The predicted molar refractivity (Wildman–Crippen MR) is 34.8 cm³/mol. The third-order valence-electron chi connectivity index (χ3n) is 1.06. The summed E-state index contributed by atoms with van der Waals surface area (Å²) in [5.74, 6) is -1.25. The van der Waals surface area contributed by atoms with Crippen LogP contribution in [0.2, 0.25) is 0 Å². The zero-order valence-corrected chi connectivity index (χ0v) is 13.2. The Labute approximate surface area is 130 Å². The van der Waals surface area contributed by atoms with Gasteiger partial charge in [-0.1, -0.05) is 0 Å². The number of carbonyl (C=O) groups excluding carboxylic acids is 1. The normalized spacial score (nSPS) is 14.4. The summed E-state index contributed by atoms with van der Waals surface area (Å²) in [5, 5.41) is 17.5. The van der Waals surface area contributed by atoms with Crippen molar-refractivity contribution in [1.82, 2.24) is 0 Å². The molecule has 78 valence electrons. The van der Waals surface area contributed by atoms with Gasteiger partial charge in [0.15, 0.2) is 6.10 Å². The fourth-order valence-electron chi connectivity index (χ4n) is 0.448. The number of carbonyl (C=O) groups is 1. The number of rotatable bonds is 5. The van der Waals surface area contributed by atoms with Gasteiger partial charge in [0.1, 0.15) is 6.10 Å². The number of nitrogens with two attached hydrogens (primary N) is 1. The number of phosphoric acid groups is 1. The Balaban J connectivity index is -0.000000720. The van der Waals surface area contributed by atoms with Gasteiger partial charge in [-0.25, -0.2) is 0 Å². The number of primary amides is 1. The van der Waals surface area contributed by atoms with Crippen LogP contribution in [0.4, 0.5) is 0 Å². The number of aliphatic hydroxyl groups excluding tert-OH is 2. The molecule has 15 heavy (non-hydrogen) atoms. The van der Waals surface area contributed by atoms with Crippen molar-refractivity contribution >= 4 is 13.7 Å². The first-order valence-electron chi connectivity index (χ1n) is 3.06. The second-order valence-electron chi connectivity index (χ2n) is 2.16. The molecule has 0 aromatic heterocycles. The van der Waals surface area contributed by atoms with Gasteiger partial charge in [-0.3, -0.25) is 4.79 Å². The van der Waals surface area contributed by atoms with Crippen molar-refractivity contribution in [2.24, 2.45) is 5.73 Å². The van der Waals surface area contributed by atoms with E-state index in [0.717, 1.165) is 0 Å². The van der Waals surface area contributed by atoms with Gasteiger partial charge in [0.25, 0.3) is 0 Å². The van der Waals surface area contributed by atoms with E-state index in [1.54, 1.807) is 0 Å². The van der Waals surface area contributed by atoms with Crippen LogP contribution in [0.25, 0.3) is 0 Å². The molecule has 8 nitrogen and oxygen atoms in total. The van der Waals surface area contributed by atoms with Crippen LogP contribution in [-0.2, 0) is 13.9 Å². The van der Waals surface area contributed by atoms with Gasteiger partial charge >= 0.3 is 59.1 Å². The summed E-state index contributed by atoms with van der Waals surface area (Å²) in [6.45, 7) is -1.01. The maximum absolute atomic E-state index is 10.2. The number of aliphatic hydroxyl groups is 2. The van der Waals surface area contributed by atoms with Gasteiger partial charge in [0.05, 0.1) is 14.4 Å². The molecule has 0 unspecified atom stereocenters. The molecule has 11 heteroatoms. The first-order chi connectivity index (χ1) is 5.74. The number of phosphoric ester groups is 1. The van der Waals surface area contributed by atoms with E-state index >= 15 is 0 Å². The Bertz CT molecular complexity index is 233. The topological polar surface area (TPSA) is 156 Å². The van der Waals surface area contributed by atoms with Crippen LogP contribution in [0.1, 0.15) is 0 Å². The van der Waals surface area contributed by atoms with Crippen LogP contribution >= 0.6 is 7.82 Å². The van der Waals surface area contributed by atoms with E-state index in [0.29, 0.717) is 0 Å². The molecule has 0 aromatic rings. The molecule has 0 fully saturated rings. The Morgan fingerprint density at radius 2 is 1.80 bits per heavy atom. The zero-order valence-electron chi connectivity index (χ0n) is 8.32. The molecule has 0 bridgehead atoms. The van der Waals surface area contributed by atoms with Crippen molar-refractivity contribution in [3.63, 3.8) is 0 Å². The molecule has 0 spiro atoms. The molecule has 0 aliphatic heterocycles. The fraction of sp³-hybridized carbons (Fsp3) is 0.750. The maximum atomic E-state index is 10.2. The standard InChI is InChI=1S/C4H10NO7P.2Na/c5-4(8)3(7)2(6)1-12-13(9,10)11;;/h2-3,6-7H,1H2,(H2,5,8)(H2,9,10,11);;/q;2*+1/p-2/t2-,3-;;/m1../s1. The summed E-state index contributed by atoms with van der Waals surface area (Å²) in [5.41, 5.74) is 4.55. The molecule has 0 aliphatic carbocycles. The minimum Gasteiger partial charge on any atom is -0.790 e. The molecular weight excluding hydrogens is 251 g/mol. The molecule has 0 heterocycles. The summed E-state index contributed by atoms with van der Waals surface area (Å²) in [7, 11) is -5.21. The molecule has 0 radical (unpaired) electrons. The van der Waals surface area contributed by atoms with Crippen LogP contribution in [0, 0.1) is 0 Å². The van der Waals surface area contributed by atoms with Gasteiger partial charge < -0.3 is 34.8 Å². The van der Waals surface area contributed by atoms with E-state index in [1.807, 2.05) is 0 Å². The van der Waals surface area contributed by atoms with E-state index < -0.39 is 32.5 Å². The first-order valence-corrected chi connectivity index (χ1v) is 4.52. The minimum absolute atomic E-state index is 0. The van der Waals surface area contributed by atoms with Crippen molar-refractivity contribution in [2.75, 3.05) is 6.61 Å². The summed E-state index contributed by atoms with van der Waals surface area (Å²) in [6.07, 6.45) is -3.81. The molecule has 0 aromatic carbocycles. The van der Waals surface area contributed by atoms with Crippen LogP contribution in [0.5, 0.6) is 0 Å². The number of hydrogen-bond donors (Lipinski definition) is 3. The van der Waals surface area contributed by atoms with Crippen LogP contribution in [-0.4, -0.2) is 34.9 Å². The molecule has 1 amide bonds. The van der Waals surface area contributed by atoms with E-state index in [9.17, 15) is 19.1 Å². The van der Waals surface area contributed by atoms with Crippen molar-refractivity contribution in [3.05, 3.63) is 0 Å². The van der Waals surface area contributed by atoms with Crippen molar-refractivity contribution in [1.29, 1.82) is 0 Å². The van der Waals surface area contributed by atoms with E-state index in [-0.39, 0.29) is 59.1 Å². The Morgan fingerprint density at radius 3 is 2.07 bits per heavy atom. The van der Waals surface area contributed by atoms with Gasteiger partial charge in [0, 0.05) is 0 Å². The summed E-state index contributed by atoms with van der Waals surface area (Å²) >= 11 is 0. The predicted octanol–water partition coefficient (Wildman–Crippen LogP) is -9.95. The fourth-order valence-corrected chi connectivity index (χ4v) is 0.784. The summed E-state index contributed by atoms with van der Waals surface area (Å²) in [4.78, 5) is 29.9. The van der Waals surface area contributed by atoms with Crippen LogP contribution in [0.15, 0.2) is 0 Å². The zero-order chi connectivity index (χ0) is 10.6. The van der Waals surface area contributed by atoms with E-state index in [1.165, 1.54) is 0 Å². The van der Waals surface area contributed by atoms with Gasteiger partial charge in [-0.2, -0.15) is 0 Å². The third-order valence-corrected chi connectivity index (χ3v) is 1.52. The molecule has 0 rings (SSSR count). The van der Waals surface area contributed by atoms with Crippen LogP contribution in [0.3, 0.4) is 0 Å². The Kier molecular flexibility index (Phi) is 13.8. The van der Waals surface area contributed by atoms with Crippen molar-refractivity contribution in [3.8, 4) is 0 Å². The van der Waals surface area contributed by atoms with Crippen LogP contribution < -0.4 is 74.6 Å². The summed E-state index contributed by atoms with van der Waals surface area (Å²) in [6, 6.07) is 0. The molecular formula is C4H8NNa2O7P. The second-order valence-corrected chi connectivity index (χ2v) is 3.31. The van der Waals surface area contributed by atoms with Gasteiger partial charge in [-0.05, 0) is 0 Å². The second kappa shape index (κ2) is 9.52. The number of hydrogen-bond acceptors (Lipinski definition) is 7.